The summed E-state index contributed by atoms with van der Waals surface area (Å²) in [5.74, 6) is 1.66. The molecule has 10 heteroatoms. The van der Waals surface area contributed by atoms with Gasteiger partial charge in [-0.2, -0.15) is 4.37 Å². The van der Waals surface area contributed by atoms with Gasteiger partial charge in [0.15, 0.2) is 0 Å². The van der Waals surface area contributed by atoms with Crippen molar-refractivity contribution in [2.24, 2.45) is 0 Å². The fourth-order valence-corrected chi connectivity index (χ4v) is 4.55. The third-order valence-electron chi connectivity index (χ3n) is 5.55. The van der Waals surface area contributed by atoms with Gasteiger partial charge in [-0.1, -0.05) is 12.1 Å². The van der Waals surface area contributed by atoms with Crippen LogP contribution in [0.3, 0.4) is 0 Å². The first-order chi connectivity index (χ1) is 15.9. The third-order valence-corrected chi connectivity index (χ3v) is 6.34. The number of piperazine rings is 1. The second kappa shape index (κ2) is 11.8. The summed E-state index contributed by atoms with van der Waals surface area (Å²) in [5, 5.41) is 0.822. The number of aromatic nitrogens is 2. The number of methoxy groups -OCH3 is 1. The molecule has 3 rings (SSSR count). The molecule has 1 aromatic carbocycles. The largest absolute Gasteiger partial charge is 0.497 e. The summed E-state index contributed by atoms with van der Waals surface area (Å²) in [7, 11) is 1.65. The van der Waals surface area contributed by atoms with Crippen LogP contribution in [0.4, 0.5) is 9.93 Å². The van der Waals surface area contributed by atoms with Gasteiger partial charge in [0, 0.05) is 63.1 Å². The molecular weight excluding hydrogens is 442 g/mol. The fraction of sp³-hybridized carbons (Fsp3) is 0.565. The zero-order valence-electron chi connectivity index (χ0n) is 19.8. The van der Waals surface area contributed by atoms with E-state index in [-0.39, 0.29) is 18.0 Å². The van der Waals surface area contributed by atoms with Crippen LogP contribution in [0.5, 0.6) is 5.75 Å². The number of hydrogen-bond acceptors (Lipinski definition) is 8. The van der Waals surface area contributed by atoms with E-state index in [0.29, 0.717) is 52.2 Å². The third kappa shape index (κ3) is 6.80. The first-order valence-corrected chi connectivity index (χ1v) is 12.1. The van der Waals surface area contributed by atoms with Crippen LogP contribution in [0.15, 0.2) is 24.3 Å². The number of carbonyl (C=O) groups excluding carboxylic acids is 2. The summed E-state index contributed by atoms with van der Waals surface area (Å²) < 4.78 is 14.9. The molecule has 2 aromatic rings. The molecule has 0 bridgehead atoms. The van der Waals surface area contributed by atoms with Crippen molar-refractivity contribution in [3.63, 3.8) is 0 Å². The average Bonchev–Trinajstić information content (AvgIpc) is 3.27. The molecule has 1 aliphatic heterocycles. The molecule has 1 aromatic heterocycles. The summed E-state index contributed by atoms with van der Waals surface area (Å²) in [6, 6.07) is 8.08. The van der Waals surface area contributed by atoms with E-state index in [2.05, 4.69) is 23.1 Å². The Bertz CT molecular complexity index is 927. The molecular formula is C23H33N5O4S. The molecule has 0 unspecified atom stereocenters. The molecule has 1 fully saturated rings. The number of amides is 2. The van der Waals surface area contributed by atoms with Crippen molar-refractivity contribution in [3.05, 3.63) is 35.7 Å². The van der Waals surface area contributed by atoms with Gasteiger partial charge in [0.25, 0.3) is 0 Å². The molecule has 0 N–H and O–H groups in total. The number of anilines is 1. The van der Waals surface area contributed by atoms with Gasteiger partial charge in [-0.15, -0.1) is 0 Å². The van der Waals surface area contributed by atoms with Crippen LogP contribution in [0, 0.1) is 0 Å². The molecule has 180 valence electrons. The summed E-state index contributed by atoms with van der Waals surface area (Å²) in [4.78, 5) is 35.0. The maximum atomic E-state index is 12.8. The Kier molecular flexibility index (Phi) is 8.87. The Labute approximate surface area is 199 Å². The van der Waals surface area contributed by atoms with Gasteiger partial charge in [0.2, 0.25) is 11.0 Å². The van der Waals surface area contributed by atoms with Crippen LogP contribution in [0.1, 0.15) is 38.6 Å². The molecule has 9 nitrogen and oxygen atoms in total. The van der Waals surface area contributed by atoms with E-state index >= 15 is 0 Å². The molecule has 0 spiro atoms. The SMILES string of the molecule is CCOC(=O)N1CCN(C(=O)CCN(c2nc(Cc3cccc(OC)c3)ns2)C(C)C)CC1. The van der Waals surface area contributed by atoms with Crippen molar-refractivity contribution < 1.29 is 19.1 Å². The molecule has 0 atom stereocenters. The number of carbonyl (C=O) groups is 2. The van der Waals surface area contributed by atoms with E-state index in [0.717, 1.165) is 22.3 Å². The lowest BCUT2D eigenvalue weighted by molar-refractivity contribution is -0.132. The minimum absolute atomic E-state index is 0.0882. The maximum absolute atomic E-state index is 12.8. The Morgan fingerprint density at radius 1 is 1.18 bits per heavy atom. The van der Waals surface area contributed by atoms with Crippen LogP contribution in [-0.4, -0.2) is 83.6 Å². The van der Waals surface area contributed by atoms with E-state index in [1.807, 2.05) is 29.2 Å². The lowest BCUT2D eigenvalue weighted by Gasteiger charge is -2.34. The standard InChI is InChI=1S/C23H33N5O4S/c1-5-32-23(30)27-13-11-26(12-14-27)21(29)9-10-28(17(2)3)22-24-20(25-33-22)16-18-7-6-8-19(15-18)31-4/h6-8,15,17H,5,9-14,16H2,1-4H3. The van der Waals surface area contributed by atoms with Crippen LogP contribution in [0.2, 0.25) is 0 Å². The van der Waals surface area contributed by atoms with E-state index in [1.54, 1.807) is 18.9 Å². The number of hydrogen-bond donors (Lipinski definition) is 0. The van der Waals surface area contributed by atoms with Crippen molar-refractivity contribution in [3.8, 4) is 5.75 Å². The van der Waals surface area contributed by atoms with Crippen LogP contribution >= 0.6 is 11.5 Å². The lowest BCUT2D eigenvalue weighted by atomic mass is 10.1. The van der Waals surface area contributed by atoms with E-state index in [1.165, 1.54) is 11.5 Å². The summed E-state index contributed by atoms with van der Waals surface area (Å²) in [6.45, 7) is 8.96. The van der Waals surface area contributed by atoms with Crippen LogP contribution in [0.25, 0.3) is 0 Å². The predicted molar refractivity (Wildman–Crippen MR) is 128 cm³/mol. The molecule has 0 radical (unpaired) electrons. The van der Waals surface area contributed by atoms with Gasteiger partial charge in [0.1, 0.15) is 11.6 Å². The number of ether oxygens (including phenoxy) is 2. The molecule has 1 saturated heterocycles. The smallest absolute Gasteiger partial charge is 0.409 e. The highest BCUT2D eigenvalue weighted by Gasteiger charge is 2.25. The zero-order chi connectivity index (χ0) is 23.8. The van der Waals surface area contributed by atoms with E-state index < -0.39 is 0 Å². The van der Waals surface area contributed by atoms with Crippen molar-refractivity contribution in [2.75, 3.05) is 51.3 Å². The minimum atomic E-state index is -0.309. The van der Waals surface area contributed by atoms with Gasteiger partial charge >= 0.3 is 6.09 Å². The number of nitrogens with zero attached hydrogens (tertiary/aromatic N) is 5. The summed E-state index contributed by atoms with van der Waals surface area (Å²) in [6.07, 6.45) is 0.711. The second-order valence-electron chi connectivity index (χ2n) is 8.13. The van der Waals surface area contributed by atoms with Crippen molar-refractivity contribution >= 4 is 28.7 Å². The Morgan fingerprint density at radius 3 is 2.58 bits per heavy atom. The summed E-state index contributed by atoms with van der Waals surface area (Å²) >= 11 is 1.36. The quantitative estimate of drug-likeness (QED) is 0.551. The van der Waals surface area contributed by atoms with E-state index in [9.17, 15) is 9.59 Å². The van der Waals surface area contributed by atoms with Crippen molar-refractivity contribution in [1.29, 1.82) is 0 Å². The van der Waals surface area contributed by atoms with Gasteiger partial charge < -0.3 is 24.2 Å². The van der Waals surface area contributed by atoms with Gasteiger partial charge in [-0.3, -0.25) is 4.79 Å². The summed E-state index contributed by atoms with van der Waals surface area (Å²) in [5.41, 5.74) is 1.09. The van der Waals surface area contributed by atoms with Gasteiger partial charge in [0.05, 0.1) is 13.7 Å². The predicted octanol–water partition coefficient (Wildman–Crippen LogP) is 3.04. The fourth-order valence-electron chi connectivity index (χ4n) is 3.70. The first-order valence-electron chi connectivity index (χ1n) is 11.3. The molecule has 33 heavy (non-hydrogen) atoms. The Balaban J connectivity index is 1.54. The number of benzene rings is 1. The van der Waals surface area contributed by atoms with Crippen molar-refractivity contribution in [2.45, 2.75) is 39.7 Å². The zero-order valence-corrected chi connectivity index (χ0v) is 20.6. The molecule has 0 aliphatic carbocycles. The lowest BCUT2D eigenvalue weighted by Crippen LogP contribution is -2.51. The second-order valence-corrected chi connectivity index (χ2v) is 8.86. The normalized spacial score (nSPS) is 13.8. The van der Waals surface area contributed by atoms with Gasteiger partial charge in [-0.25, -0.2) is 9.78 Å². The van der Waals surface area contributed by atoms with Crippen molar-refractivity contribution in [1.82, 2.24) is 19.2 Å². The maximum Gasteiger partial charge on any atom is 0.409 e. The highest BCUT2D eigenvalue weighted by Crippen LogP contribution is 2.23. The highest BCUT2D eigenvalue weighted by molar-refractivity contribution is 7.09. The van der Waals surface area contributed by atoms with Crippen LogP contribution < -0.4 is 9.64 Å². The monoisotopic (exact) mass is 475 g/mol. The topological polar surface area (TPSA) is 88.1 Å². The van der Waals surface area contributed by atoms with Crippen LogP contribution in [-0.2, 0) is 16.0 Å². The van der Waals surface area contributed by atoms with Gasteiger partial charge in [-0.05, 0) is 38.5 Å². The first kappa shape index (κ1) is 24.8. The highest BCUT2D eigenvalue weighted by atomic mass is 32.1. The Morgan fingerprint density at radius 2 is 1.91 bits per heavy atom. The molecule has 0 saturated carbocycles. The number of rotatable bonds is 9. The molecule has 1 aliphatic rings. The average molecular weight is 476 g/mol. The Hall–Kier alpha value is -2.88. The van der Waals surface area contributed by atoms with E-state index in [4.69, 9.17) is 14.5 Å². The minimum Gasteiger partial charge on any atom is -0.497 e. The molecule has 2 heterocycles. The molecule has 2 amide bonds.